The summed E-state index contributed by atoms with van der Waals surface area (Å²) in [7, 11) is 3.23. The van der Waals surface area contributed by atoms with Gasteiger partial charge in [0.1, 0.15) is 22.9 Å². The number of piperazine rings is 1. The maximum atomic E-state index is 14.6. The van der Waals surface area contributed by atoms with E-state index in [1.54, 1.807) is 84.2 Å². The van der Waals surface area contributed by atoms with Crippen molar-refractivity contribution in [1.82, 2.24) is 39.2 Å². The van der Waals surface area contributed by atoms with Gasteiger partial charge in [0.2, 0.25) is 15.9 Å². The van der Waals surface area contributed by atoms with Gasteiger partial charge in [-0.25, -0.2) is 22.6 Å². The van der Waals surface area contributed by atoms with Gasteiger partial charge in [-0.2, -0.15) is 5.10 Å². The molecular formula is C39H46N10O6S. The molecule has 0 atom stereocenters. The number of methoxy groups -OCH3 is 3. The first-order valence-corrected chi connectivity index (χ1v) is 20.0. The standard InChI is InChI=1S/C39H46N10O6S/c1-6-20-56(51,52)44-28-9-11-33(36(21-28)55-5)49-34-23-32(30-25-42-48-14-7-13-40-38(30)48)41-24-31(34)39(43-49)47(26-27-8-10-29(53-3)22-35(27)54-4)37(50)12-15-46-18-16-45(2)17-19-46/h7-11,13-14,21-25,44H,6,12,15-20,26H2,1-5H3. The van der Waals surface area contributed by atoms with Gasteiger partial charge in [-0.15, -0.1) is 5.10 Å². The van der Waals surface area contributed by atoms with Crippen molar-refractivity contribution in [1.29, 1.82) is 0 Å². The number of hydrogen-bond donors (Lipinski definition) is 1. The number of amides is 1. The smallest absolute Gasteiger partial charge is 0.232 e. The third-order valence-corrected chi connectivity index (χ3v) is 11.4. The number of carbonyl (C=O) groups is 1. The summed E-state index contributed by atoms with van der Waals surface area (Å²) in [5.41, 5.74) is 4.17. The minimum Gasteiger partial charge on any atom is -0.497 e. The second-order valence-electron chi connectivity index (χ2n) is 13.6. The molecule has 16 nitrogen and oxygen atoms in total. The lowest BCUT2D eigenvalue weighted by Gasteiger charge is -2.32. The molecule has 1 saturated heterocycles. The van der Waals surface area contributed by atoms with E-state index in [2.05, 4.69) is 31.7 Å². The first-order chi connectivity index (χ1) is 27.1. The molecule has 1 aliphatic rings. The zero-order chi connectivity index (χ0) is 39.4. The Hall–Kier alpha value is -5.78. The minimum atomic E-state index is -3.56. The molecule has 6 aromatic rings. The molecule has 0 unspecified atom stereocenters. The van der Waals surface area contributed by atoms with Gasteiger partial charge in [-0.1, -0.05) is 6.92 Å². The van der Waals surface area contributed by atoms with E-state index in [1.807, 2.05) is 24.4 Å². The molecule has 4 aromatic heterocycles. The lowest BCUT2D eigenvalue weighted by atomic mass is 10.1. The Bertz CT molecular complexity index is 2460. The fourth-order valence-electron chi connectivity index (χ4n) is 6.84. The van der Waals surface area contributed by atoms with Crippen LogP contribution in [0, 0.1) is 0 Å². The Kier molecular flexibility index (Phi) is 11.4. The number of nitrogens with one attached hydrogen (secondary N) is 1. The van der Waals surface area contributed by atoms with Crippen molar-refractivity contribution in [3.8, 4) is 34.2 Å². The number of rotatable bonds is 15. The summed E-state index contributed by atoms with van der Waals surface area (Å²) >= 11 is 0. The lowest BCUT2D eigenvalue weighted by molar-refractivity contribution is -0.119. The number of fused-ring (bicyclic) bond motifs is 2. The third-order valence-electron chi connectivity index (χ3n) is 9.87. The number of nitrogens with zero attached hydrogens (tertiary/aromatic N) is 9. The number of pyridine rings is 1. The number of likely N-dealkylation sites (N-methyl/N-ethyl adjacent to an activating group) is 1. The molecule has 0 aliphatic carbocycles. The highest BCUT2D eigenvalue weighted by Gasteiger charge is 2.28. The molecule has 1 N–H and O–H groups in total. The van der Waals surface area contributed by atoms with Gasteiger partial charge >= 0.3 is 0 Å². The zero-order valence-corrected chi connectivity index (χ0v) is 33.0. The van der Waals surface area contributed by atoms with Crippen LogP contribution in [0.2, 0.25) is 0 Å². The van der Waals surface area contributed by atoms with Crippen LogP contribution in [0.3, 0.4) is 0 Å². The second-order valence-corrected chi connectivity index (χ2v) is 15.5. The molecule has 0 radical (unpaired) electrons. The van der Waals surface area contributed by atoms with E-state index >= 15 is 0 Å². The van der Waals surface area contributed by atoms with E-state index in [-0.39, 0.29) is 24.6 Å². The summed E-state index contributed by atoms with van der Waals surface area (Å²) in [6.45, 7) is 6.18. The number of sulfonamides is 1. The topological polar surface area (TPSA) is 162 Å². The maximum absolute atomic E-state index is 14.6. The van der Waals surface area contributed by atoms with Crippen molar-refractivity contribution in [2.24, 2.45) is 0 Å². The number of hydrogen-bond acceptors (Lipinski definition) is 12. The second kappa shape index (κ2) is 16.5. The predicted octanol–water partition coefficient (Wildman–Crippen LogP) is 4.48. The molecule has 1 amide bonds. The van der Waals surface area contributed by atoms with Crippen LogP contribution in [0.5, 0.6) is 17.2 Å². The van der Waals surface area contributed by atoms with Crippen molar-refractivity contribution < 1.29 is 27.4 Å². The van der Waals surface area contributed by atoms with Crippen molar-refractivity contribution in [2.75, 3.05) is 76.5 Å². The quantitative estimate of drug-likeness (QED) is 0.156. The van der Waals surface area contributed by atoms with Crippen LogP contribution in [-0.4, -0.2) is 120 Å². The van der Waals surface area contributed by atoms with Gasteiger partial charge < -0.3 is 24.0 Å². The molecule has 1 fully saturated rings. The zero-order valence-electron chi connectivity index (χ0n) is 32.2. The summed E-state index contributed by atoms with van der Waals surface area (Å²) in [4.78, 5) is 30.2. The molecule has 56 heavy (non-hydrogen) atoms. The third kappa shape index (κ3) is 8.10. The van der Waals surface area contributed by atoms with E-state index in [0.29, 0.717) is 75.2 Å². The fourth-order valence-corrected chi connectivity index (χ4v) is 7.97. The summed E-state index contributed by atoms with van der Waals surface area (Å²) in [6.07, 6.45) is 7.65. The number of ether oxygens (including phenoxy) is 3. The Balaban J connectivity index is 1.38. The average molecular weight is 783 g/mol. The van der Waals surface area contributed by atoms with Crippen LogP contribution in [0.25, 0.3) is 33.5 Å². The molecule has 17 heteroatoms. The number of benzene rings is 2. The Morgan fingerprint density at radius 2 is 1.75 bits per heavy atom. The van der Waals surface area contributed by atoms with Crippen molar-refractivity contribution in [3.05, 3.63) is 78.9 Å². The van der Waals surface area contributed by atoms with Crippen molar-refractivity contribution in [3.63, 3.8) is 0 Å². The van der Waals surface area contributed by atoms with Gasteiger partial charge in [-0.3, -0.25) is 19.4 Å². The van der Waals surface area contributed by atoms with Crippen LogP contribution >= 0.6 is 0 Å². The lowest BCUT2D eigenvalue weighted by Crippen LogP contribution is -2.45. The van der Waals surface area contributed by atoms with E-state index < -0.39 is 10.0 Å². The summed E-state index contributed by atoms with van der Waals surface area (Å²) < 4.78 is 48.4. The van der Waals surface area contributed by atoms with Gasteiger partial charge in [0.15, 0.2) is 11.5 Å². The van der Waals surface area contributed by atoms with Crippen molar-refractivity contribution >= 4 is 44.0 Å². The first kappa shape index (κ1) is 38.5. The van der Waals surface area contributed by atoms with Gasteiger partial charge in [-0.05, 0) is 49.9 Å². The Morgan fingerprint density at radius 3 is 2.50 bits per heavy atom. The number of carbonyl (C=O) groups excluding carboxylic acids is 1. The molecule has 7 rings (SSSR count). The van der Waals surface area contributed by atoms with Crippen LogP contribution in [0.1, 0.15) is 25.3 Å². The number of anilines is 2. The van der Waals surface area contributed by atoms with Crippen LogP contribution < -0.4 is 23.8 Å². The normalized spacial score (nSPS) is 13.9. The van der Waals surface area contributed by atoms with E-state index in [1.165, 1.54) is 7.11 Å². The van der Waals surface area contributed by atoms with Gasteiger partial charge in [0.05, 0.1) is 67.7 Å². The predicted molar refractivity (Wildman–Crippen MR) is 214 cm³/mol. The monoisotopic (exact) mass is 782 g/mol. The summed E-state index contributed by atoms with van der Waals surface area (Å²) in [5, 5.41) is 10.2. The Morgan fingerprint density at radius 1 is 0.946 bits per heavy atom. The summed E-state index contributed by atoms with van der Waals surface area (Å²) in [5.74, 6) is 1.78. The molecule has 5 heterocycles. The van der Waals surface area contributed by atoms with Crippen molar-refractivity contribution in [2.45, 2.75) is 26.3 Å². The van der Waals surface area contributed by atoms with Gasteiger partial charge in [0.25, 0.3) is 0 Å². The van der Waals surface area contributed by atoms with E-state index in [4.69, 9.17) is 24.3 Å². The largest absolute Gasteiger partial charge is 0.497 e. The summed E-state index contributed by atoms with van der Waals surface area (Å²) in [6, 6.07) is 14.2. The van der Waals surface area contributed by atoms with Crippen LogP contribution in [0.15, 0.2) is 73.3 Å². The van der Waals surface area contributed by atoms with Crippen LogP contribution in [0.4, 0.5) is 11.5 Å². The molecule has 0 saturated carbocycles. The average Bonchev–Trinajstić information content (AvgIpc) is 3.81. The SMILES string of the molecule is CCCS(=O)(=O)Nc1ccc(-n2nc(N(Cc3ccc(OC)cc3OC)C(=O)CCN3CCN(C)CC3)c3cnc(-c4cnn5cccnc45)cc32)c(OC)c1. The molecule has 294 valence electrons. The molecule has 0 bridgehead atoms. The minimum absolute atomic E-state index is 0.0178. The molecule has 2 aromatic carbocycles. The number of aromatic nitrogens is 6. The highest BCUT2D eigenvalue weighted by Crippen LogP contribution is 2.37. The highest BCUT2D eigenvalue weighted by atomic mass is 32.2. The molecule has 1 aliphatic heterocycles. The molecule has 0 spiro atoms. The maximum Gasteiger partial charge on any atom is 0.232 e. The highest BCUT2D eigenvalue weighted by molar-refractivity contribution is 7.92. The van der Waals surface area contributed by atoms with E-state index in [0.717, 1.165) is 31.7 Å². The van der Waals surface area contributed by atoms with E-state index in [9.17, 15) is 13.2 Å². The van der Waals surface area contributed by atoms with Gasteiger partial charge in [0, 0.05) is 75.4 Å². The molecular weight excluding hydrogens is 737 g/mol. The van der Waals surface area contributed by atoms with Crippen LogP contribution in [-0.2, 0) is 21.4 Å². The fraction of sp³-hybridized carbons (Fsp3) is 0.359. The Labute approximate surface area is 325 Å². The first-order valence-electron chi connectivity index (χ1n) is 18.4.